The van der Waals surface area contributed by atoms with E-state index in [-0.39, 0.29) is 0 Å². The number of rotatable bonds is 5. The number of piperidine rings is 1. The number of nitrogens with zero attached hydrogens (tertiary/aromatic N) is 5. The summed E-state index contributed by atoms with van der Waals surface area (Å²) in [6.07, 6.45) is 5.85. The molecule has 126 valence electrons. The first-order valence-corrected chi connectivity index (χ1v) is 8.44. The Hall–Kier alpha value is -2.41. The number of furan rings is 1. The third-order valence-corrected chi connectivity index (χ3v) is 4.53. The van der Waals surface area contributed by atoms with E-state index in [1.165, 1.54) is 12.8 Å². The van der Waals surface area contributed by atoms with E-state index in [0.717, 1.165) is 49.0 Å². The molecule has 7 heteroatoms. The van der Waals surface area contributed by atoms with Crippen molar-refractivity contribution in [2.75, 3.05) is 25.0 Å². The van der Waals surface area contributed by atoms with Crippen LogP contribution in [0.25, 0.3) is 5.65 Å². The van der Waals surface area contributed by atoms with E-state index in [4.69, 9.17) is 4.42 Å². The Kier molecular flexibility index (Phi) is 4.17. The van der Waals surface area contributed by atoms with Gasteiger partial charge in [-0.2, -0.15) is 9.61 Å². The summed E-state index contributed by atoms with van der Waals surface area (Å²) < 4.78 is 7.20. The van der Waals surface area contributed by atoms with Crippen LogP contribution >= 0.6 is 0 Å². The van der Waals surface area contributed by atoms with Gasteiger partial charge in [-0.15, -0.1) is 10.2 Å². The molecule has 4 rings (SSSR count). The van der Waals surface area contributed by atoms with Crippen LogP contribution in [0.1, 0.15) is 24.3 Å². The lowest BCUT2D eigenvalue weighted by molar-refractivity contribution is 0.162. The fourth-order valence-corrected chi connectivity index (χ4v) is 3.42. The summed E-state index contributed by atoms with van der Waals surface area (Å²) in [6.45, 7) is 6.03. The van der Waals surface area contributed by atoms with Crippen molar-refractivity contribution >= 4 is 11.3 Å². The topological polar surface area (TPSA) is 71.5 Å². The molecule has 4 heterocycles. The number of hydrogen-bond acceptors (Lipinski definition) is 6. The minimum Gasteiger partial charge on any atom is -0.468 e. The first kappa shape index (κ1) is 15.1. The lowest BCUT2D eigenvalue weighted by atomic mass is 9.98. The van der Waals surface area contributed by atoms with Crippen LogP contribution in [-0.4, -0.2) is 44.3 Å². The molecule has 0 radical (unpaired) electrons. The number of likely N-dealkylation sites (tertiary alicyclic amines) is 1. The molecule has 0 aromatic carbocycles. The molecule has 0 saturated carbocycles. The van der Waals surface area contributed by atoms with Gasteiger partial charge in [-0.25, -0.2) is 0 Å². The first-order valence-electron chi connectivity index (χ1n) is 8.44. The van der Waals surface area contributed by atoms with Crippen molar-refractivity contribution < 1.29 is 4.42 Å². The molecule has 24 heavy (non-hydrogen) atoms. The normalized spacial score (nSPS) is 19.0. The van der Waals surface area contributed by atoms with Gasteiger partial charge < -0.3 is 9.73 Å². The van der Waals surface area contributed by atoms with Crippen LogP contribution in [0.15, 0.2) is 35.2 Å². The Balaban J connectivity index is 1.39. The van der Waals surface area contributed by atoms with Crippen LogP contribution in [0.2, 0.25) is 0 Å². The van der Waals surface area contributed by atoms with Crippen LogP contribution in [0.3, 0.4) is 0 Å². The Morgan fingerprint density at radius 2 is 2.38 bits per heavy atom. The summed E-state index contributed by atoms with van der Waals surface area (Å²) in [5.74, 6) is 1.66. The number of nitrogens with one attached hydrogen (secondary N) is 1. The number of anilines is 1. The number of fused-ring (bicyclic) bond motifs is 1. The highest BCUT2D eigenvalue weighted by atomic mass is 16.3. The molecule has 1 atom stereocenters. The maximum absolute atomic E-state index is 5.47. The standard InChI is InChI=1S/C17H22N6O/c1-13-8-16(17-20-19-12-23(17)21-13)18-9-14-4-2-6-22(10-14)11-15-5-3-7-24-15/h3,5,7-8,12,14,18H,2,4,6,9-11H2,1H3. The molecular weight excluding hydrogens is 304 g/mol. The van der Waals surface area contributed by atoms with Crippen molar-refractivity contribution in [3.8, 4) is 0 Å². The average Bonchev–Trinajstić information content (AvgIpc) is 3.24. The number of aryl methyl sites for hydroxylation is 1. The molecule has 1 aliphatic heterocycles. The molecule has 0 amide bonds. The van der Waals surface area contributed by atoms with Gasteiger partial charge >= 0.3 is 0 Å². The van der Waals surface area contributed by atoms with E-state index in [2.05, 4.69) is 25.5 Å². The van der Waals surface area contributed by atoms with E-state index >= 15 is 0 Å². The van der Waals surface area contributed by atoms with Crippen LogP contribution < -0.4 is 5.32 Å². The van der Waals surface area contributed by atoms with Gasteiger partial charge in [-0.3, -0.25) is 4.90 Å². The minimum atomic E-state index is 0.616. The lowest BCUT2D eigenvalue weighted by Crippen LogP contribution is -2.37. The molecule has 7 nitrogen and oxygen atoms in total. The minimum absolute atomic E-state index is 0.616. The van der Waals surface area contributed by atoms with Gasteiger partial charge in [0.2, 0.25) is 5.65 Å². The second-order valence-corrected chi connectivity index (χ2v) is 6.50. The van der Waals surface area contributed by atoms with Crippen molar-refractivity contribution in [3.63, 3.8) is 0 Å². The Morgan fingerprint density at radius 1 is 1.42 bits per heavy atom. The molecule has 1 saturated heterocycles. The third kappa shape index (κ3) is 3.26. The predicted octanol–water partition coefficient (Wildman–Crippen LogP) is 2.35. The Morgan fingerprint density at radius 3 is 3.25 bits per heavy atom. The quantitative estimate of drug-likeness (QED) is 0.776. The molecule has 0 aliphatic carbocycles. The Bertz CT molecular complexity index is 797. The van der Waals surface area contributed by atoms with E-state index in [0.29, 0.717) is 5.92 Å². The SMILES string of the molecule is Cc1cc(NCC2CCCN(Cc3ccco3)C2)c2nncn2n1. The van der Waals surface area contributed by atoms with Gasteiger partial charge in [-0.1, -0.05) is 0 Å². The van der Waals surface area contributed by atoms with Crippen molar-refractivity contribution in [1.82, 2.24) is 24.7 Å². The summed E-state index contributed by atoms with van der Waals surface area (Å²) in [7, 11) is 0. The van der Waals surface area contributed by atoms with Crippen LogP contribution in [0.5, 0.6) is 0 Å². The summed E-state index contributed by atoms with van der Waals surface area (Å²) in [5.41, 5.74) is 2.74. The highest BCUT2D eigenvalue weighted by Crippen LogP contribution is 2.21. The number of hydrogen-bond donors (Lipinski definition) is 1. The Labute approximate surface area is 140 Å². The molecule has 0 bridgehead atoms. The zero-order valence-corrected chi connectivity index (χ0v) is 13.9. The van der Waals surface area contributed by atoms with Gasteiger partial charge in [-0.05, 0) is 50.4 Å². The van der Waals surface area contributed by atoms with Crippen molar-refractivity contribution in [1.29, 1.82) is 0 Å². The van der Waals surface area contributed by atoms with Crippen LogP contribution in [-0.2, 0) is 6.54 Å². The van der Waals surface area contributed by atoms with E-state index < -0.39 is 0 Å². The maximum atomic E-state index is 5.47. The summed E-state index contributed by atoms with van der Waals surface area (Å²) >= 11 is 0. The molecule has 3 aromatic rings. The zero-order chi connectivity index (χ0) is 16.4. The fourth-order valence-electron chi connectivity index (χ4n) is 3.42. The van der Waals surface area contributed by atoms with Crippen molar-refractivity contribution in [3.05, 3.63) is 42.2 Å². The largest absolute Gasteiger partial charge is 0.468 e. The molecule has 1 aliphatic rings. The smallest absolute Gasteiger partial charge is 0.200 e. The van der Waals surface area contributed by atoms with E-state index in [1.807, 2.05) is 25.1 Å². The third-order valence-electron chi connectivity index (χ3n) is 4.53. The second-order valence-electron chi connectivity index (χ2n) is 6.50. The monoisotopic (exact) mass is 326 g/mol. The van der Waals surface area contributed by atoms with E-state index in [9.17, 15) is 0 Å². The second kappa shape index (κ2) is 6.60. The van der Waals surface area contributed by atoms with Gasteiger partial charge in [0.05, 0.1) is 24.2 Å². The van der Waals surface area contributed by atoms with Crippen molar-refractivity contribution in [2.24, 2.45) is 5.92 Å². The maximum Gasteiger partial charge on any atom is 0.200 e. The molecular formula is C17H22N6O. The summed E-state index contributed by atoms with van der Waals surface area (Å²) in [6, 6.07) is 6.03. The zero-order valence-electron chi connectivity index (χ0n) is 13.9. The lowest BCUT2D eigenvalue weighted by Gasteiger charge is -2.32. The average molecular weight is 326 g/mol. The van der Waals surface area contributed by atoms with Crippen LogP contribution in [0, 0.1) is 12.8 Å². The van der Waals surface area contributed by atoms with Gasteiger partial charge in [0.25, 0.3) is 0 Å². The molecule has 1 fully saturated rings. The summed E-state index contributed by atoms with van der Waals surface area (Å²) in [5, 5.41) is 16.0. The van der Waals surface area contributed by atoms with Crippen molar-refractivity contribution in [2.45, 2.75) is 26.3 Å². The molecule has 0 spiro atoms. The van der Waals surface area contributed by atoms with Gasteiger partial charge in [0.15, 0.2) is 0 Å². The highest BCUT2D eigenvalue weighted by molar-refractivity contribution is 5.66. The molecule has 1 N–H and O–H groups in total. The van der Waals surface area contributed by atoms with Gasteiger partial charge in [0, 0.05) is 13.1 Å². The molecule has 1 unspecified atom stereocenters. The summed E-state index contributed by atoms with van der Waals surface area (Å²) in [4.78, 5) is 2.47. The first-order chi connectivity index (χ1) is 11.8. The van der Waals surface area contributed by atoms with Gasteiger partial charge in [0.1, 0.15) is 12.1 Å². The number of aromatic nitrogens is 4. The predicted molar refractivity (Wildman–Crippen MR) is 90.7 cm³/mol. The van der Waals surface area contributed by atoms with Crippen LogP contribution in [0.4, 0.5) is 5.69 Å². The van der Waals surface area contributed by atoms with E-state index in [1.54, 1.807) is 17.1 Å². The molecule has 3 aromatic heterocycles. The fraction of sp³-hybridized carbons (Fsp3) is 0.471. The highest BCUT2D eigenvalue weighted by Gasteiger charge is 2.21.